The summed E-state index contributed by atoms with van der Waals surface area (Å²) in [5.74, 6) is 0.433. The first-order chi connectivity index (χ1) is 9.54. The predicted molar refractivity (Wildman–Crippen MR) is 84.3 cm³/mol. The summed E-state index contributed by atoms with van der Waals surface area (Å²) in [6.07, 6.45) is -0.591. The van der Waals surface area contributed by atoms with Crippen LogP contribution in [0.5, 0.6) is 5.75 Å². The highest BCUT2D eigenvalue weighted by atomic mass is 79.9. The van der Waals surface area contributed by atoms with E-state index in [0.29, 0.717) is 16.5 Å². The van der Waals surface area contributed by atoms with Gasteiger partial charge in [0.1, 0.15) is 5.75 Å². The van der Waals surface area contributed by atoms with Crippen LogP contribution in [0, 0.1) is 0 Å². The Kier molecular flexibility index (Phi) is 5.04. The molecule has 0 aliphatic rings. The zero-order valence-electron chi connectivity index (χ0n) is 10.8. The molecule has 5 heteroatoms. The summed E-state index contributed by atoms with van der Waals surface area (Å²) in [6.45, 7) is 1.70. The maximum atomic E-state index is 12.0. The molecule has 0 heterocycles. The molecule has 3 nitrogen and oxygen atoms in total. The van der Waals surface area contributed by atoms with Crippen molar-refractivity contribution < 1.29 is 9.53 Å². The van der Waals surface area contributed by atoms with E-state index in [2.05, 4.69) is 21.2 Å². The van der Waals surface area contributed by atoms with Gasteiger partial charge in [-0.3, -0.25) is 4.79 Å². The summed E-state index contributed by atoms with van der Waals surface area (Å²) in [4.78, 5) is 12.0. The van der Waals surface area contributed by atoms with Crippen LogP contribution in [-0.4, -0.2) is 12.0 Å². The molecule has 0 saturated heterocycles. The number of ether oxygens (including phenoxy) is 1. The molecule has 0 saturated carbocycles. The lowest BCUT2D eigenvalue weighted by molar-refractivity contribution is -0.122. The summed E-state index contributed by atoms with van der Waals surface area (Å²) in [5, 5.41) is 3.40. The molecule has 0 aliphatic carbocycles. The number of rotatable bonds is 4. The van der Waals surface area contributed by atoms with Crippen molar-refractivity contribution in [1.82, 2.24) is 0 Å². The molecule has 2 aromatic rings. The summed E-state index contributed by atoms with van der Waals surface area (Å²) < 4.78 is 6.53. The van der Waals surface area contributed by atoms with Gasteiger partial charge >= 0.3 is 0 Å². The third-order valence-electron chi connectivity index (χ3n) is 2.61. The normalized spacial score (nSPS) is 11.8. The number of halogens is 2. The predicted octanol–water partition coefficient (Wildman–Crippen LogP) is 4.51. The minimum Gasteiger partial charge on any atom is -0.481 e. The van der Waals surface area contributed by atoms with E-state index in [4.69, 9.17) is 16.3 Å². The van der Waals surface area contributed by atoms with Crippen molar-refractivity contribution >= 4 is 39.1 Å². The van der Waals surface area contributed by atoms with Crippen LogP contribution in [0.15, 0.2) is 53.0 Å². The van der Waals surface area contributed by atoms with Crippen molar-refractivity contribution in [3.8, 4) is 5.75 Å². The number of benzene rings is 2. The van der Waals surface area contributed by atoms with Gasteiger partial charge in [-0.15, -0.1) is 0 Å². The van der Waals surface area contributed by atoms with Crippen molar-refractivity contribution in [2.45, 2.75) is 13.0 Å². The lowest BCUT2D eigenvalue weighted by Crippen LogP contribution is -2.30. The Morgan fingerprint density at radius 3 is 2.35 bits per heavy atom. The van der Waals surface area contributed by atoms with Crippen molar-refractivity contribution in [2.24, 2.45) is 0 Å². The molecule has 1 N–H and O–H groups in total. The van der Waals surface area contributed by atoms with E-state index in [9.17, 15) is 4.79 Å². The molecular weight excluding hydrogens is 342 g/mol. The summed E-state index contributed by atoms with van der Waals surface area (Å²) in [7, 11) is 0. The van der Waals surface area contributed by atoms with Crippen LogP contribution in [0.1, 0.15) is 6.92 Å². The number of hydrogen-bond donors (Lipinski definition) is 1. The van der Waals surface area contributed by atoms with Crippen molar-refractivity contribution in [1.29, 1.82) is 0 Å². The van der Waals surface area contributed by atoms with Gasteiger partial charge in [0.25, 0.3) is 5.91 Å². The van der Waals surface area contributed by atoms with Gasteiger partial charge in [0.15, 0.2) is 6.10 Å². The lowest BCUT2D eigenvalue weighted by Gasteiger charge is -2.14. The van der Waals surface area contributed by atoms with Crippen LogP contribution in [-0.2, 0) is 4.79 Å². The number of nitrogens with one attached hydrogen (secondary N) is 1. The van der Waals surface area contributed by atoms with Crippen LogP contribution < -0.4 is 10.1 Å². The molecule has 0 spiro atoms. The SMILES string of the molecule is CC(Oc1ccc(Br)cc1)C(=O)Nc1ccc(Cl)cc1. The zero-order chi connectivity index (χ0) is 14.5. The highest BCUT2D eigenvalue weighted by Crippen LogP contribution is 2.18. The van der Waals surface area contributed by atoms with Crippen LogP contribution in [0.25, 0.3) is 0 Å². The van der Waals surface area contributed by atoms with E-state index >= 15 is 0 Å². The second kappa shape index (κ2) is 6.77. The second-order valence-electron chi connectivity index (χ2n) is 4.21. The van der Waals surface area contributed by atoms with Crippen molar-refractivity contribution in [3.05, 3.63) is 58.0 Å². The van der Waals surface area contributed by atoms with Crippen LogP contribution in [0.3, 0.4) is 0 Å². The van der Waals surface area contributed by atoms with E-state index in [1.807, 2.05) is 12.1 Å². The lowest BCUT2D eigenvalue weighted by atomic mass is 10.3. The smallest absolute Gasteiger partial charge is 0.265 e. The molecule has 1 atom stereocenters. The molecule has 20 heavy (non-hydrogen) atoms. The first-order valence-corrected chi connectivity index (χ1v) is 7.20. The maximum absolute atomic E-state index is 12.0. The Hall–Kier alpha value is -1.52. The van der Waals surface area contributed by atoms with Gasteiger partial charge < -0.3 is 10.1 Å². The quantitative estimate of drug-likeness (QED) is 0.877. The highest BCUT2D eigenvalue weighted by Gasteiger charge is 2.14. The Labute approximate surface area is 131 Å². The van der Waals surface area contributed by atoms with Gasteiger partial charge in [-0.2, -0.15) is 0 Å². The molecule has 2 aromatic carbocycles. The number of carbonyl (C=O) groups is 1. The summed E-state index contributed by atoms with van der Waals surface area (Å²) >= 11 is 9.13. The first kappa shape index (κ1) is 14.9. The van der Waals surface area contributed by atoms with E-state index in [0.717, 1.165) is 4.47 Å². The molecule has 0 fully saturated rings. The minimum atomic E-state index is -0.591. The van der Waals surface area contributed by atoms with Gasteiger partial charge in [0, 0.05) is 15.2 Å². The topological polar surface area (TPSA) is 38.3 Å². The van der Waals surface area contributed by atoms with Gasteiger partial charge in [0.2, 0.25) is 0 Å². The molecule has 104 valence electrons. The van der Waals surface area contributed by atoms with Crippen LogP contribution in [0.4, 0.5) is 5.69 Å². The monoisotopic (exact) mass is 353 g/mol. The highest BCUT2D eigenvalue weighted by molar-refractivity contribution is 9.10. The molecule has 2 rings (SSSR count). The molecule has 0 bridgehead atoms. The van der Waals surface area contributed by atoms with E-state index in [1.54, 1.807) is 43.3 Å². The summed E-state index contributed by atoms with van der Waals surface area (Å²) in [6, 6.07) is 14.2. The molecule has 0 radical (unpaired) electrons. The third kappa shape index (κ3) is 4.25. The molecular formula is C15H13BrClNO2. The van der Waals surface area contributed by atoms with Crippen LogP contribution in [0.2, 0.25) is 5.02 Å². The molecule has 1 amide bonds. The zero-order valence-corrected chi connectivity index (χ0v) is 13.1. The Morgan fingerprint density at radius 1 is 1.15 bits per heavy atom. The van der Waals surface area contributed by atoms with Gasteiger partial charge in [-0.05, 0) is 55.5 Å². The molecule has 0 aromatic heterocycles. The van der Waals surface area contributed by atoms with E-state index in [-0.39, 0.29) is 5.91 Å². The number of amides is 1. The van der Waals surface area contributed by atoms with E-state index < -0.39 is 6.10 Å². The number of anilines is 1. The van der Waals surface area contributed by atoms with Gasteiger partial charge in [-0.25, -0.2) is 0 Å². The average Bonchev–Trinajstić information content (AvgIpc) is 2.44. The maximum Gasteiger partial charge on any atom is 0.265 e. The molecule has 1 unspecified atom stereocenters. The van der Waals surface area contributed by atoms with E-state index in [1.165, 1.54) is 0 Å². The second-order valence-corrected chi connectivity index (χ2v) is 5.56. The van der Waals surface area contributed by atoms with Crippen LogP contribution >= 0.6 is 27.5 Å². The Morgan fingerprint density at radius 2 is 1.75 bits per heavy atom. The van der Waals surface area contributed by atoms with Crippen molar-refractivity contribution in [2.75, 3.05) is 5.32 Å². The molecule has 0 aliphatic heterocycles. The fourth-order valence-corrected chi connectivity index (χ4v) is 1.94. The minimum absolute atomic E-state index is 0.213. The fraction of sp³-hybridized carbons (Fsp3) is 0.133. The van der Waals surface area contributed by atoms with Gasteiger partial charge in [0.05, 0.1) is 0 Å². The number of hydrogen-bond acceptors (Lipinski definition) is 2. The average molecular weight is 355 g/mol. The Balaban J connectivity index is 1.94. The number of carbonyl (C=O) groups excluding carboxylic acids is 1. The largest absolute Gasteiger partial charge is 0.481 e. The van der Waals surface area contributed by atoms with Gasteiger partial charge in [-0.1, -0.05) is 27.5 Å². The third-order valence-corrected chi connectivity index (χ3v) is 3.39. The van der Waals surface area contributed by atoms with Crippen molar-refractivity contribution in [3.63, 3.8) is 0 Å². The Bertz CT molecular complexity index is 584. The first-order valence-electron chi connectivity index (χ1n) is 6.03. The summed E-state index contributed by atoms with van der Waals surface area (Å²) in [5.41, 5.74) is 0.686. The standard InChI is InChI=1S/C15H13BrClNO2/c1-10(20-14-8-2-11(16)3-9-14)15(19)18-13-6-4-12(17)5-7-13/h2-10H,1H3,(H,18,19). The fourth-order valence-electron chi connectivity index (χ4n) is 1.55.